The standard InChI is InChI=1S/C29H25Cl2N3O5S2/c1-16(2)10-12-38-20-6-3-5-17(13-20)24-23(25(35)22-7-4-11-39-22)26(36)27(37)34(24)28-32-33-29(41-28)40-15-18-8-9-19(30)14-21(18)31/h3-9,11,13-14,16,24,36H,10,12,15H2,1-2H3. The lowest BCUT2D eigenvalue weighted by molar-refractivity contribution is -0.117. The van der Waals surface area contributed by atoms with E-state index in [0.29, 0.717) is 44.0 Å². The molecule has 1 amide bonds. The van der Waals surface area contributed by atoms with Crippen molar-refractivity contribution in [1.82, 2.24) is 10.2 Å². The number of ketones is 1. The maximum absolute atomic E-state index is 13.5. The molecule has 1 N–H and O–H groups in total. The molecule has 1 unspecified atom stereocenters. The topological polar surface area (TPSA) is 106 Å². The molecule has 3 heterocycles. The van der Waals surface area contributed by atoms with E-state index in [1.807, 2.05) is 12.1 Å². The van der Waals surface area contributed by atoms with E-state index in [2.05, 4.69) is 24.0 Å². The summed E-state index contributed by atoms with van der Waals surface area (Å²) in [6.07, 6.45) is 2.23. The second-order valence-corrected chi connectivity index (χ2v) is 12.6. The second-order valence-electron chi connectivity index (χ2n) is 9.62. The Morgan fingerprint density at radius 1 is 1.17 bits per heavy atom. The van der Waals surface area contributed by atoms with Crippen LogP contribution in [0.1, 0.15) is 48.0 Å². The van der Waals surface area contributed by atoms with Crippen LogP contribution < -0.4 is 9.64 Å². The monoisotopic (exact) mass is 629 g/mol. The van der Waals surface area contributed by atoms with E-state index in [9.17, 15) is 14.7 Å². The summed E-state index contributed by atoms with van der Waals surface area (Å²) >= 11 is 14.9. The SMILES string of the molecule is CC(C)CCOc1cccc(C2C(C(=O)c3ccco3)=C(O)C(=O)N2c2nnc(SCc3ccc(Cl)cc3Cl)s2)c1. The average molecular weight is 631 g/mol. The number of ether oxygens (including phenoxy) is 1. The number of hydrogen-bond donors (Lipinski definition) is 1. The van der Waals surface area contributed by atoms with Crippen LogP contribution in [-0.4, -0.2) is 33.6 Å². The molecule has 41 heavy (non-hydrogen) atoms. The molecule has 0 spiro atoms. The molecule has 0 saturated heterocycles. The van der Waals surface area contributed by atoms with Crippen molar-refractivity contribution in [1.29, 1.82) is 0 Å². The van der Waals surface area contributed by atoms with Crippen molar-refractivity contribution in [2.24, 2.45) is 5.92 Å². The molecular weight excluding hydrogens is 605 g/mol. The van der Waals surface area contributed by atoms with Crippen LogP contribution in [-0.2, 0) is 10.5 Å². The highest BCUT2D eigenvalue weighted by atomic mass is 35.5. The Labute approximate surface area is 254 Å². The number of furan rings is 1. The molecule has 8 nitrogen and oxygen atoms in total. The lowest BCUT2D eigenvalue weighted by atomic mass is 9.95. The van der Waals surface area contributed by atoms with Gasteiger partial charge in [-0.1, -0.05) is 78.3 Å². The molecular formula is C29H25Cl2N3O5S2. The van der Waals surface area contributed by atoms with Gasteiger partial charge in [-0.05, 0) is 59.9 Å². The number of thioether (sulfide) groups is 1. The Bertz CT molecular complexity index is 1600. The third-order valence-electron chi connectivity index (χ3n) is 6.30. The fourth-order valence-corrected chi connectivity index (χ4v) is 6.64. The van der Waals surface area contributed by atoms with Gasteiger partial charge in [0.25, 0.3) is 5.91 Å². The van der Waals surface area contributed by atoms with Crippen LogP contribution in [0.4, 0.5) is 5.13 Å². The fourth-order valence-electron chi connectivity index (χ4n) is 4.21. The minimum Gasteiger partial charge on any atom is -0.503 e. The first-order valence-electron chi connectivity index (χ1n) is 12.7. The second kappa shape index (κ2) is 12.7. The van der Waals surface area contributed by atoms with E-state index in [4.69, 9.17) is 32.4 Å². The number of benzene rings is 2. The predicted octanol–water partition coefficient (Wildman–Crippen LogP) is 7.94. The van der Waals surface area contributed by atoms with Gasteiger partial charge in [-0.25, -0.2) is 0 Å². The zero-order chi connectivity index (χ0) is 29.1. The highest BCUT2D eigenvalue weighted by Crippen LogP contribution is 2.44. The Hall–Kier alpha value is -3.31. The summed E-state index contributed by atoms with van der Waals surface area (Å²) in [5.41, 5.74) is 1.33. The van der Waals surface area contributed by atoms with Crippen molar-refractivity contribution in [3.8, 4) is 5.75 Å². The average Bonchev–Trinajstić information content (AvgIpc) is 3.69. The van der Waals surface area contributed by atoms with Crippen LogP contribution in [0.5, 0.6) is 5.75 Å². The summed E-state index contributed by atoms with van der Waals surface area (Å²) in [6, 6.07) is 14.5. The van der Waals surface area contributed by atoms with E-state index >= 15 is 0 Å². The lowest BCUT2D eigenvalue weighted by Crippen LogP contribution is -2.31. The molecule has 0 radical (unpaired) electrons. The number of halogens is 2. The van der Waals surface area contributed by atoms with Crippen LogP contribution in [0.25, 0.3) is 0 Å². The number of aromatic nitrogens is 2. The molecule has 0 bridgehead atoms. The van der Waals surface area contributed by atoms with Crippen molar-refractivity contribution in [2.75, 3.05) is 11.5 Å². The van der Waals surface area contributed by atoms with Crippen molar-refractivity contribution in [3.05, 3.63) is 99.1 Å². The zero-order valence-electron chi connectivity index (χ0n) is 22.0. The molecule has 4 aromatic rings. The van der Waals surface area contributed by atoms with Gasteiger partial charge in [-0.2, -0.15) is 0 Å². The third kappa shape index (κ3) is 6.46. The molecule has 2 aromatic heterocycles. The number of aliphatic hydroxyl groups is 1. The normalized spacial score (nSPS) is 15.3. The quantitative estimate of drug-likeness (QED) is 0.101. The highest BCUT2D eigenvalue weighted by molar-refractivity contribution is 8.00. The number of nitrogens with zero attached hydrogens (tertiary/aromatic N) is 3. The summed E-state index contributed by atoms with van der Waals surface area (Å²) in [7, 11) is 0. The first-order chi connectivity index (χ1) is 19.7. The number of hydrogen-bond acceptors (Lipinski definition) is 9. The van der Waals surface area contributed by atoms with Gasteiger partial charge < -0.3 is 14.3 Å². The van der Waals surface area contributed by atoms with E-state index in [0.717, 1.165) is 12.0 Å². The first kappa shape index (κ1) is 29.2. The number of anilines is 1. The predicted molar refractivity (Wildman–Crippen MR) is 160 cm³/mol. The summed E-state index contributed by atoms with van der Waals surface area (Å²) < 4.78 is 11.8. The Morgan fingerprint density at radius 2 is 2.00 bits per heavy atom. The molecule has 0 fully saturated rings. The van der Waals surface area contributed by atoms with Crippen LogP contribution in [0.3, 0.4) is 0 Å². The van der Waals surface area contributed by atoms with Crippen molar-refractivity contribution in [2.45, 2.75) is 36.4 Å². The summed E-state index contributed by atoms with van der Waals surface area (Å²) in [6.45, 7) is 4.74. The Balaban J connectivity index is 1.47. The maximum Gasteiger partial charge on any atom is 0.296 e. The van der Waals surface area contributed by atoms with Crippen molar-refractivity contribution >= 4 is 63.1 Å². The first-order valence-corrected chi connectivity index (χ1v) is 15.3. The molecule has 1 aliphatic heterocycles. The van der Waals surface area contributed by atoms with Gasteiger partial charge in [0.1, 0.15) is 5.75 Å². The number of amides is 1. The molecule has 1 aliphatic rings. The molecule has 212 valence electrons. The van der Waals surface area contributed by atoms with Crippen molar-refractivity contribution < 1.29 is 23.8 Å². The van der Waals surface area contributed by atoms with Crippen LogP contribution in [0.2, 0.25) is 10.0 Å². The maximum atomic E-state index is 13.5. The smallest absolute Gasteiger partial charge is 0.296 e. The molecule has 0 aliphatic carbocycles. The number of rotatable bonds is 11. The fraction of sp³-hybridized carbons (Fsp3) is 0.241. The summed E-state index contributed by atoms with van der Waals surface area (Å²) in [4.78, 5) is 28.3. The number of carbonyl (C=O) groups excluding carboxylic acids is 2. The molecule has 1 atom stereocenters. The van der Waals surface area contributed by atoms with Crippen molar-refractivity contribution in [3.63, 3.8) is 0 Å². The van der Waals surface area contributed by atoms with Gasteiger partial charge in [0.15, 0.2) is 15.9 Å². The van der Waals surface area contributed by atoms with E-state index in [1.54, 1.807) is 36.4 Å². The highest BCUT2D eigenvalue weighted by Gasteiger charge is 2.46. The third-order valence-corrected chi connectivity index (χ3v) is 9.00. The zero-order valence-corrected chi connectivity index (χ0v) is 25.2. The molecule has 12 heteroatoms. The van der Waals surface area contributed by atoms with Crippen LogP contribution >= 0.6 is 46.3 Å². The van der Waals surface area contributed by atoms with Crippen LogP contribution in [0, 0.1) is 5.92 Å². The van der Waals surface area contributed by atoms with Gasteiger partial charge in [-0.3, -0.25) is 14.5 Å². The van der Waals surface area contributed by atoms with Crippen LogP contribution in [0.15, 0.2) is 80.9 Å². The Kier molecular flexibility index (Phi) is 9.03. The lowest BCUT2D eigenvalue weighted by Gasteiger charge is -2.24. The minimum atomic E-state index is -0.981. The van der Waals surface area contributed by atoms with Gasteiger partial charge >= 0.3 is 0 Å². The molecule has 0 saturated carbocycles. The largest absolute Gasteiger partial charge is 0.503 e. The molecule has 2 aromatic carbocycles. The minimum absolute atomic E-state index is 0.00360. The summed E-state index contributed by atoms with van der Waals surface area (Å²) in [5.74, 6) is -0.466. The van der Waals surface area contributed by atoms with Gasteiger partial charge in [0.2, 0.25) is 10.9 Å². The van der Waals surface area contributed by atoms with Gasteiger partial charge in [0.05, 0.1) is 24.5 Å². The van der Waals surface area contributed by atoms with E-state index < -0.39 is 23.5 Å². The van der Waals surface area contributed by atoms with E-state index in [-0.39, 0.29) is 16.5 Å². The van der Waals surface area contributed by atoms with E-state index in [1.165, 1.54) is 40.3 Å². The number of Topliss-reactive ketones (excluding diaryl/α,β-unsaturated/α-hetero) is 1. The Morgan fingerprint density at radius 3 is 2.73 bits per heavy atom. The van der Waals surface area contributed by atoms with Gasteiger partial charge in [-0.15, -0.1) is 10.2 Å². The summed E-state index contributed by atoms with van der Waals surface area (Å²) in [5, 5.41) is 20.8. The molecule has 5 rings (SSSR count). The number of carbonyl (C=O) groups is 2. The van der Waals surface area contributed by atoms with Gasteiger partial charge in [0, 0.05) is 15.8 Å². The number of aliphatic hydroxyl groups excluding tert-OH is 1.